The molecule has 0 radical (unpaired) electrons. The topological polar surface area (TPSA) is 199 Å². The Morgan fingerprint density at radius 3 is 2.09 bits per heavy atom. The molecular formula is C17H11N9O6. The lowest BCUT2D eigenvalue weighted by molar-refractivity contribution is -0.385. The maximum absolute atomic E-state index is 10.9. The van der Waals surface area contributed by atoms with E-state index in [0.717, 1.165) is 24.3 Å². The van der Waals surface area contributed by atoms with E-state index in [1.807, 2.05) is 0 Å². The minimum absolute atomic E-state index is 0.00180. The van der Waals surface area contributed by atoms with Crippen LogP contribution in [0.4, 0.5) is 17.3 Å². The van der Waals surface area contributed by atoms with Crippen molar-refractivity contribution in [3.8, 4) is 11.5 Å². The van der Waals surface area contributed by atoms with E-state index in [0.29, 0.717) is 0 Å². The van der Waals surface area contributed by atoms with Crippen LogP contribution in [0, 0.1) is 20.2 Å². The first-order valence-corrected chi connectivity index (χ1v) is 8.65. The summed E-state index contributed by atoms with van der Waals surface area (Å²) in [6, 6.07) is 6.95. The number of aromatic nitrogens is 5. The van der Waals surface area contributed by atoms with Crippen molar-refractivity contribution in [2.45, 2.75) is 0 Å². The average Bonchev–Trinajstić information content (AvgIpc) is 3.35. The standard InChI is InChI=1S/C17H11N9O6/c27-14-3-1-12(25(29)30)5-10(14)7-18-16-21-22-17-23(9-20-24(16)17)19-8-11-6-13(26(31)32)2-4-15(11)28/h1-9,27-28H/b18-7?,19-8-. The SMILES string of the molecule is O=[N+]([O-])c1ccc(O)c(C=Nc2nnc3n(/N=C\c4cc([N+](=O)[O-])ccc4O)cnn23)c1. The fraction of sp³-hybridized carbons (Fsp3) is 0. The Bertz CT molecular complexity index is 1310. The smallest absolute Gasteiger partial charge is 0.276 e. The second-order valence-corrected chi connectivity index (χ2v) is 6.19. The molecule has 15 heteroatoms. The normalized spacial score (nSPS) is 11.6. The molecule has 0 aliphatic heterocycles. The molecule has 0 fully saturated rings. The van der Waals surface area contributed by atoms with E-state index in [1.54, 1.807) is 0 Å². The zero-order chi connectivity index (χ0) is 22.8. The minimum atomic E-state index is -0.606. The molecule has 0 spiro atoms. The number of aliphatic imine (C=N–C) groups is 1. The van der Waals surface area contributed by atoms with Crippen LogP contribution in [-0.2, 0) is 0 Å². The van der Waals surface area contributed by atoms with Gasteiger partial charge in [-0.2, -0.15) is 14.3 Å². The van der Waals surface area contributed by atoms with Crippen molar-refractivity contribution in [1.29, 1.82) is 0 Å². The molecule has 4 rings (SSSR count). The zero-order valence-electron chi connectivity index (χ0n) is 15.7. The molecule has 0 amide bonds. The molecule has 0 saturated heterocycles. The molecule has 0 saturated carbocycles. The van der Waals surface area contributed by atoms with E-state index in [-0.39, 0.29) is 45.7 Å². The number of nitrogens with zero attached hydrogens (tertiary/aromatic N) is 9. The first kappa shape index (κ1) is 20.1. The molecule has 2 N–H and O–H groups in total. The maximum atomic E-state index is 10.9. The molecule has 2 aromatic carbocycles. The highest BCUT2D eigenvalue weighted by Crippen LogP contribution is 2.23. The predicted octanol–water partition coefficient (Wildman–Crippen LogP) is 1.79. The van der Waals surface area contributed by atoms with Gasteiger partial charge in [-0.25, -0.2) is 4.99 Å². The number of fused-ring (bicyclic) bond motifs is 1. The summed E-state index contributed by atoms with van der Waals surface area (Å²) in [6.45, 7) is 0. The summed E-state index contributed by atoms with van der Waals surface area (Å²) in [5.41, 5.74) is -0.248. The molecule has 2 aromatic heterocycles. The summed E-state index contributed by atoms with van der Waals surface area (Å²) < 4.78 is 2.39. The molecule has 0 aliphatic carbocycles. The van der Waals surface area contributed by atoms with Crippen LogP contribution in [0.1, 0.15) is 11.1 Å². The Kier molecular flexibility index (Phi) is 4.96. The third-order valence-electron chi connectivity index (χ3n) is 4.17. The van der Waals surface area contributed by atoms with Gasteiger partial charge < -0.3 is 10.2 Å². The van der Waals surface area contributed by atoms with Gasteiger partial charge in [0.15, 0.2) is 0 Å². The second-order valence-electron chi connectivity index (χ2n) is 6.19. The van der Waals surface area contributed by atoms with E-state index in [2.05, 4.69) is 25.4 Å². The lowest BCUT2D eigenvalue weighted by Crippen LogP contribution is -1.93. The van der Waals surface area contributed by atoms with Crippen LogP contribution < -0.4 is 0 Å². The summed E-state index contributed by atoms with van der Waals surface area (Å²) >= 11 is 0. The van der Waals surface area contributed by atoms with Crippen molar-refractivity contribution >= 4 is 35.5 Å². The van der Waals surface area contributed by atoms with Gasteiger partial charge in [-0.05, 0) is 12.1 Å². The number of hydrogen-bond acceptors (Lipinski definition) is 11. The van der Waals surface area contributed by atoms with Crippen LogP contribution in [-0.4, -0.2) is 57.0 Å². The molecule has 0 unspecified atom stereocenters. The number of rotatable bonds is 6. The minimum Gasteiger partial charge on any atom is -0.507 e. The lowest BCUT2D eigenvalue weighted by Gasteiger charge is -1.98. The largest absolute Gasteiger partial charge is 0.507 e. The fourth-order valence-electron chi connectivity index (χ4n) is 2.59. The summed E-state index contributed by atoms with van der Waals surface area (Å²) in [7, 11) is 0. The van der Waals surface area contributed by atoms with Crippen LogP contribution in [0.15, 0.2) is 52.8 Å². The van der Waals surface area contributed by atoms with Crippen LogP contribution in [0.3, 0.4) is 0 Å². The highest BCUT2D eigenvalue weighted by atomic mass is 16.6. The van der Waals surface area contributed by atoms with Crippen molar-refractivity contribution in [3.05, 3.63) is 74.1 Å². The highest BCUT2D eigenvalue weighted by Gasteiger charge is 2.13. The second kappa shape index (κ2) is 7.90. The van der Waals surface area contributed by atoms with Gasteiger partial charge in [-0.1, -0.05) is 0 Å². The lowest BCUT2D eigenvalue weighted by atomic mass is 10.2. The third kappa shape index (κ3) is 3.80. The van der Waals surface area contributed by atoms with Gasteiger partial charge in [0, 0.05) is 41.6 Å². The van der Waals surface area contributed by atoms with Gasteiger partial charge in [-0.15, -0.1) is 15.3 Å². The van der Waals surface area contributed by atoms with Crippen LogP contribution in [0.5, 0.6) is 11.5 Å². The molecule has 0 bridgehead atoms. The number of nitro benzene ring substituents is 2. The number of phenolic OH excluding ortho intramolecular Hbond substituents is 2. The number of benzene rings is 2. The van der Waals surface area contributed by atoms with Gasteiger partial charge in [-0.3, -0.25) is 20.2 Å². The Hall–Kier alpha value is -5.21. The van der Waals surface area contributed by atoms with Crippen LogP contribution in [0.25, 0.3) is 5.78 Å². The Morgan fingerprint density at radius 2 is 1.50 bits per heavy atom. The number of phenols is 2. The summed E-state index contributed by atoms with van der Waals surface area (Å²) in [4.78, 5) is 24.6. The van der Waals surface area contributed by atoms with Crippen molar-refractivity contribution in [2.24, 2.45) is 10.1 Å². The Morgan fingerprint density at radius 1 is 0.906 bits per heavy atom. The molecule has 160 valence electrons. The monoisotopic (exact) mass is 437 g/mol. The first-order valence-electron chi connectivity index (χ1n) is 8.65. The Labute approximate surface area is 176 Å². The summed E-state index contributed by atoms with van der Waals surface area (Å²) in [5.74, 6) is -0.300. The molecule has 4 aromatic rings. The van der Waals surface area contributed by atoms with Crippen molar-refractivity contribution in [2.75, 3.05) is 0 Å². The Balaban J connectivity index is 1.62. The van der Waals surface area contributed by atoms with E-state index >= 15 is 0 Å². The third-order valence-corrected chi connectivity index (χ3v) is 4.17. The quantitative estimate of drug-likeness (QED) is 0.256. The zero-order valence-corrected chi connectivity index (χ0v) is 15.7. The van der Waals surface area contributed by atoms with Gasteiger partial charge in [0.1, 0.15) is 17.8 Å². The number of nitro groups is 2. The van der Waals surface area contributed by atoms with Crippen molar-refractivity contribution in [3.63, 3.8) is 0 Å². The number of aromatic hydroxyl groups is 2. The number of non-ortho nitro benzene ring substituents is 2. The molecule has 15 nitrogen and oxygen atoms in total. The molecule has 32 heavy (non-hydrogen) atoms. The predicted molar refractivity (Wildman–Crippen MR) is 109 cm³/mol. The van der Waals surface area contributed by atoms with Gasteiger partial charge in [0.25, 0.3) is 23.1 Å². The van der Waals surface area contributed by atoms with E-state index in [1.165, 1.54) is 40.1 Å². The van der Waals surface area contributed by atoms with Crippen LogP contribution in [0.2, 0.25) is 0 Å². The fourth-order valence-corrected chi connectivity index (χ4v) is 2.59. The molecule has 0 aliphatic rings. The van der Waals surface area contributed by atoms with Gasteiger partial charge >= 0.3 is 0 Å². The first-order chi connectivity index (χ1) is 15.3. The molecule has 2 heterocycles. The summed E-state index contributed by atoms with van der Waals surface area (Å²) in [6.07, 6.45) is 3.61. The molecular weight excluding hydrogens is 426 g/mol. The maximum Gasteiger partial charge on any atom is 0.276 e. The number of hydrogen-bond donors (Lipinski definition) is 2. The van der Waals surface area contributed by atoms with Gasteiger partial charge in [0.2, 0.25) is 0 Å². The molecule has 0 atom stereocenters. The van der Waals surface area contributed by atoms with E-state index in [9.17, 15) is 30.4 Å². The van der Waals surface area contributed by atoms with Crippen molar-refractivity contribution < 1.29 is 20.1 Å². The van der Waals surface area contributed by atoms with E-state index < -0.39 is 9.85 Å². The average molecular weight is 437 g/mol. The highest BCUT2D eigenvalue weighted by molar-refractivity contribution is 5.86. The van der Waals surface area contributed by atoms with E-state index in [4.69, 9.17) is 0 Å². The van der Waals surface area contributed by atoms with Crippen LogP contribution >= 0.6 is 0 Å². The summed E-state index contributed by atoms with van der Waals surface area (Å²) in [5, 5.41) is 57.3. The van der Waals surface area contributed by atoms with Gasteiger partial charge in [0.05, 0.1) is 16.1 Å². The van der Waals surface area contributed by atoms with Crippen molar-refractivity contribution in [1.82, 2.24) is 24.5 Å².